The first-order valence-electron chi connectivity index (χ1n) is 24.2. The lowest BCUT2D eigenvalue weighted by molar-refractivity contribution is -0.220. The molecule has 6 unspecified atom stereocenters. The van der Waals surface area contributed by atoms with E-state index in [2.05, 4.69) is 38.2 Å². The molecule has 1 aliphatic carbocycles. The number of ether oxygens (including phenoxy) is 2. The number of aliphatic hydroxyl groups is 5. The van der Waals surface area contributed by atoms with Crippen LogP contribution in [0.3, 0.4) is 0 Å². The average molecular weight is 877 g/mol. The van der Waals surface area contributed by atoms with Crippen molar-refractivity contribution < 1.29 is 58.3 Å². The topological polar surface area (TPSA) is 192 Å². The first kappa shape index (κ1) is 56.8. The predicted octanol–water partition coefficient (Wildman–Crippen LogP) is 10.1. The van der Waals surface area contributed by atoms with Gasteiger partial charge in [-0.1, -0.05) is 179 Å². The highest BCUT2D eigenvalue weighted by molar-refractivity contribution is 7.47. The maximum absolute atomic E-state index is 12.8. The summed E-state index contributed by atoms with van der Waals surface area (Å²) in [6.45, 7) is 4.25. The average Bonchev–Trinajstić information content (AvgIpc) is 3.23. The van der Waals surface area contributed by atoms with E-state index in [4.69, 9.17) is 18.5 Å². The molecule has 0 aromatic heterocycles. The number of carbonyl (C=O) groups is 1. The maximum Gasteiger partial charge on any atom is 0.472 e. The Morgan fingerprint density at radius 3 is 1.43 bits per heavy atom. The Kier molecular flexibility index (Phi) is 36.3. The molecular formula is C47H89O12P. The van der Waals surface area contributed by atoms with Gasteiger partial charge in [-0.2, -0.15) is 0 Å². The minimum Gasteiger partial charge on any atom is -0.457 e. The van der Waals surface area contributed by atoms with Crippen molar-refractivity contribution in [2.45, 2.75) is 249 Å². The van der Waals surface area contributed by atoms with Gasteiger partial charge in [-0.15, -0.1) is 0 Å². The summed E-state index contributed by atoms with van der Waals surface area (Å²) in [5, 5.41) is 50.2. The lowest BCUT2D eigenvalue weighted by Crippen LogP contribution is -2.64. The molecule has 0 amide bonds. The van der Waals surface area contributed by atoms with Gasteiger partial charge in [0.15, 0.2) is 0 Å². The van der Waals surface area contributed by atoms with Gasteiger partial charge in [0, 0.05) is 13.0 Å². The van der Waals surface area contributed by atoms with Crippen molar-refractivity contribution in [1.29, 1.82) is 0 Å². The molecule has 0 spiro atoms. The molecule has 1 aliphatic rings. The Morgan fingerprint density at radius 1 is 0.533 bits per heavy atom. The molecule has 0 radical (unpaired) electrons. The van der Waals surface area contributed by atoms with Crippen LogP contribution in [0.2, 0.25) is 0 Å². The van der Waals surface area contributed by atoms with E-state index in [1.54, 1.807) is 0 Å². The zero-order chi connectivity index (χ0) is 44.1. The number of allylic oxidation sites excluding steroid dienone is 4. The van der Waals surface area contributed by atoms with Crippen LogP contribution in [0.1, 0.15) is 206 Å². The van der Waals surface area contributed by atoms with Crippen molar-refractivity contribution in [2.75, 3.05) is 19.8 Å². The fourth-order valence-electron chi connectivity index (χ4n) is 7.45. The molecule has 0 aliphatic heterocycles. The van der Waals surface area contributed by atoms with Crippen molar-refractivity contribution in [3.8, 4) is 0 Å². The summed E-state index contributed by atoms with van der Waals surface area (Å²) in [7, 11) is -5.02. The smallest absolute Gasteiger partial charge is 0.457 e. The Morgan fingerprint density at radius 2 is 0.933 bits per heavy atom. The summed E-state index contributed by atoms with van der Waals surface area (Å²) in [5.74, 6) is -0.482. The second kappa shape index (κ2) is 38.3. The van der Waals surface area contributed by atoms with Crippen molar-refractivity contribution in [3.05, 3.63) is 24.3 Å². The maximum atomic E-state index is 12.8. The normalized spacial score (nSPS) is 22.5. The Labute approximate surface area is 364 Å². The van der Waals surface area contributed by atoms with Crippen molar-refractivity contribution >= 4 is 13.8 Å². The van der Waals surface area contributed by atoms with Gasteiger partial charge in [0.05, 0.1) is 13.2 Å². The molecule has 0 saturated heterocycles. The van der Waals surface area contributed by atoms with Gasteiger partial charge >= 0.3 is 13.8 Å². The molecule has 0 aromatic carbocycles. The molecule has 13 heteroatoms. The van der Waals surface area contributed by atoms with Gasteiger partial charge in [0.1, 0.15) is 42.7 Å². The first-order chi connectivity index (χ1) is 29.0. The quantitative estimate of drug-likeness (QED) is 0.0148. The summed E-state index contributed by atoms with van der Waals surface area (Å²) < 4.78 is 34.2. The van der Waals surface area contributed by atoms with E-state index in [-0.39, 0.29) is 13.0 Å². The first-order valence-corrected chi connectivity index (χ1v) is 25.7. The third-order valence-corrected chi connectivity index (χ3v) is 12.3. The number of hydrogen-bond donors (Lipinski definition) is 6. The SMILES string of the molecule is CCCCC/C=C\C/C=C\CCCCCCCCCC(=O)O[C@H](COCCCCCCCCCCCCCCCCCC)COP(=O)(O)OC1C(O)C(O)C(O)[C@@H](O)C1O. The van der Waals surface area contributed by atoms with Gasteiger partial charge < -0.3 is 39.9 Å². The largest absolute Gasteiger partial charge is 0.472 e. The molecule has 0 bridgehead atoms. The highest BCUT2D eigenvalue weighted by Gasteiger charge is 2.51. The Bertz CT molecular complexity index is 1090. The molecule has 6 N–H and O–H groups in total. The molecule has 8 atom stereocenters. The third-order valence-electron chi connectivity index (χ3n) is 11.3. The number of unbranched alkanes of at least 4 members (excludes halogenated alkanes) is 25. The second-order valence-electron chi connectivity index (χ2n) is 17.0. The van der Waals surface area contributed by atoms with Crippen LogP contribution in [0, 0.1) is 0 Å². The van der Waals surface area contributed by atoms with Gasteiger partial charge in [-0.25, -0.2) is 4.57 Å². The molecule has 1 rings (SSSR count). The standard InChI is InChI=1S/C47H89O12P/c1-3-5-7-9-11-13-15-17-19-21-22-24-26-28-30-32-34-36-41(48)58-40(39-57-60(54,55)59-47-45(52)43(50)42(49)44(51)46(47)53)38-56-37-35-33-31-29-27-25-23-20-18-16-14-12-10-8-6-4-2/h11,13,17,19,40,42-47,49-53H,3-10,12,14-16,18,20-39H2,1-2H3,(H,54,55)/b13-11-,19-17-/t40-,42?,43-,44?,45?,46?,47?/m1/s1. The minimum atomic E-state index is -5.02. The van der Waals surface area contributed by atoms with E-state index in [0.29, 0.717) is 13.0 Å². The number of aliphatic hydroxyl groups excluding tert-OH is 5. The molecule has 1 fully saturated rings. The van der Waals surface area contributed by atoms with Crippen LogP contribution >= 0.6 is 7.82 Å². The van der Waals surface area contributed by atoms with E-state index < -0.39 is 63.1 Å². The minimum absolute atomic E-state index is 0.0757. The number of phosphoric ester groups is 1. The molecule has 0 heterocycles. The number of esters is 1. The second-order valence-corrected chi connectivity index (χ2v) is 18.4. The van der Waals surface area contributed by atoms with E-state index in [1.165, 1.54) is 122 Å². The molecule has 354 valence electrons. The fraction of sp³-hybridized carbons (Fsp3) is 0.894. The van der Waals surface area contributed by atoms with Crippen LogP contribution in [-0.2, 0) is 27.9 Å². The monoisotopic (exact) mass is 877 g/mol. The highest BCUT2D eigenvalue weighted by Crippen LogP contribution is 2.47. The zero-order valence-corrected chi connectivity index (χ0v) is 38.7. The molecule has 0 aromatic rings. The molecule has 1 saturated carbocycles. The van der Waals surface area contributed by atoms with E-state index in [0.717, 1.165) is 57.8 Å². The molecule has 12 nitrogen and oxygen atoms in total. The number of hydrogen-bond acceptors (Lipinski definition) is 11. The zero-order valence-electron chi connectivity index (χ0n) is 37.8. The lowest BCUT2D eigenvalue weighted by Gasteiger charge is -2.41. The Hall–Kier alpha value is -1.18. The van der Waals surface area contributed by atoms with Gasteiger partial charge in [0.25, 0.3) is 0 Å². The predicted molar refractivity (Wildman–Crippen MR) is 240 cm³/mol. The van der Waals surface area contributed by atoms with Gasteiger partial charge in [0.2, 0.25) is 0 Å². The molecule has 60 heavy (non-hydrogen) atoms. The molecular weight excluding hydrogens is 787 g/mol. The van der Waals surface area contributed by atoms with Crippen LogP contribution in [0.5, 0.6) is 0 Å². The van der Waals surface area contributed by atoms with E-state index >= 15 is 0 Å². The summed E-state index contributed by atoms with van der Waals surface area (Å²) in [4.78, 5) is 23.2. The van der Waals surface area contributed by atoms with Crippen LogP contribution in [-0.4, -0.2) is 98.9 Å². The summed E-state index contributed by atoms with van der Waals surface area (Å²) in [6, 6.07) is 0. The summed E-state index contributed by atoms with van der Waals surface area (Å²) in [5.41, 5.74) is 0. The Balaban J connectivity index is 2.38. The van der Waals surface area contributed by atoms with Gasteiger partial charge in [-0.05, 0) is 44.9 Å². The van der Waals surface area contributed by atoms with Crippen LogP contribution < -0.4 is 0 Å². The van der Waals surface area contributed by atoms with Crippen LogP contribution in [0.25, 0.3) is 0 Å². The number of carbonyl (C=O) groups excluding carboxylic acids is 1. The number of phosphoric acid groups is 1. The van der Waals surface area contributed by atoms with Gasteiger partial charge in [-0.3, -0.25) is 13.8 Å². The van der Waals surface area contributed by atoms with E-state index in [1.807, 2.05) is 0 Å². The fourth-order valence-corrected chi connectivity index (χ4v) is 8.42. The van der Waals surface area contributed by atoms with Crippen LogP contribution in [0.15, 0.2) is 24.3 Å². The van der Waals surface area contributed by atoms with Crippen molar-refractivity contribution in [2.24, 2.45) is 0 Å². The number of rotatable bonds is 41. The lowest BCUT2D eigenvalue weighted by atomic mass is 9.85. The highest BCUT2D eigenvalue weighted by atomic mass is 31.2. The summed E-state index contributed by atoms with van der Waals surface area (Å²) >= 11 is 0. The van der Waals surface area contributed by atoms with Crippen molar-refractivity contribution in [3.63, 3.8) is 0 Å². The summed E-state index contributed by atoms with van der Waals surface area (Å²) in [6.07, 6.45) is 30.9. The van der Waals surface area contributed by atoms with Crippen LogP contribution in [0.4, 0.5) is 0 Å². The van der Waals surface area contributed by atoms with E-state index in [9.17, 15) is 39.8 Å². The van der Waals surface area contributed by atoms with Crippen molar-refractivity contribution in [1.82, 2.24) is 0 Å². The third kappa shape index (κ3) is 30.0.